The molecule has 2 N–H and O–H groups in total. The van der Waals surface area contributed by atoms with Gasteiger partial charge in [-0.25, -0.2) is 0 Å². The average molecular weight is 302 g/mol. The molecule has 5 heteroatoms. The molecule has 0 aliphatic rings. The molecular weight excluding hydrogens is 282 g/mol. The van der Waals surface area contributed by atoms with Gasteiger partial charge < -0.3 is 10.5 Å². The summed E-state index contributed by atoms with van der Waals surface area (Å²) in [4.78, 5) is 0. The fraction of sp³-hybridized carbons (Fsp3) is 0.583. The Kier molecular flexibility index (Phi) is 5.88. The first kappa shape index (κ1) is 14.4. The van der Waals surface area contributed by atoms with Gasteiger partial charge in [0.25, 0.3) is 0 Å². The fourth-order valence-corrected chi connectivity index (χ4v) is 2.15. The number of nitrogens with two attached hydrogens (primary N) is 1. The largest absolute Gasteiger partial charge is 0.380 e. The first-order valence-corrected chi connectivity index (χ1v) is 6.47. The monoisotopic (exact) mass is 301 g/mol. The van der Waals surface area contributed by atoms with Crippen LogP contribution in [-0.2, 0) is 11.8 Å². The van der Waals surface area contributed by atoms with Crippen LogP contribution in [0.25, 0.3) is 6.08 Å². The number of hydrogen-bond donors (Lipinski definition) is 1. The normalized spacial score (nSPS) is 12.2. The number of hydrogen-bond acceptors (Lipinski definition) is 3. The van der Waals surface area contributed by atoms with Crippen LogP contribution in [0.1, 0.15) is 24.2 Å². The van der Waals surface area contributed by atoms with Crippen molar-refractivity contribution in [3.05, 3.63) is 21.4 Å². The first-order chi connectivity index (χ1) is 8.10. The number of methoxy groups -OCH3 is 1. The highest BCUT2D eigenvalue weighted by molar-refractivity contribution is 9.10. The molecule has 0 aromatic carbocycles. The third-order valence-electron chi connectivity index (χ3n) is 2.56. The van der Waals surface area contributed by atoms with Crippen LogP contribution < -0.4 is 5.73 Å². The molecule has 0 atom stereocenters. The molecule has 96 valence electrons. The highest BCUT2D eigenvalue weighted by atomic mass is 79.9. The Hall–Kier alpha value is -0.650. The van der Waals surface area contributed by atoms with Crippen molar-refractivity contribution >= 4 is 22.0 Å². The summed E-state index contributed by atoms with van der Waals surface area (Å²) in [5.41, 5.74) is 8.84. The van der Waals surface area contributed by atoms with Crippen molar-refractivity contribution in [2.75, 3.05) is 20.3 Å². The molecule has 1 aromatic heterocycles. The number of rotatable bonds is 6. The molecule has 0 amide bonds. The lowest BCUT2D eigenvalue weighted by molar-refractivity contribution is 0.223. The van der Waals surface area contributed by atoms with E-state index in [1.54, 1.807) is 7.11 Å². The zero-order chi connectivity index (χ0) is 12.8. The van der Waals surface area contributed by atoms with Gasteiger partial charge in [0.2, 0.25) is 0 Å². The maximum absolute atomic E-state index is 5.54. The Morgan fingerprint density at radius 1 is 1.59 bits per heavy atom. The molecule has 0 saturated heterocycles. The van der Waals surface area contributed by atoms with E-state index >= 15 is 0 Å². The minimum atomic E-state index is 0.636. The molecular formula is C12H20BrN3O. The van der Waals surface area contributed by atoms with Crippen molar-refractivity contribution in [1.29, 1.82) is 0 Å². The summed E-state index contributed by atoms with van der Waals surface area (Å²) in [6.07, 6.45) is 4.06. The summed E-state index contributed by atoms with van der Waals surface area (Å²) in [6.45, 7) is 3.32. The molecule has 0 bridgehead atoms. The van der Waals surface area contributed by atoms with E-state index in [4.69, 9.17) is 10.5 Å². The number of ether oxygens (including phenoxy) is 1. The summed E-state index contributed by atoms with van der Waals surface area (Å²) in [7, 11) is 3.65. The number of halogens is 1. The van der Waals surface area contributed by atoms with Crippen LogP contribution in [-0.4, -0.2) is 30.0 Å². The van der Waals surface area contributed by atoms with Gasteiger partial charge in [-0.2, -0.15) is 5.10 Å². The Labute approximate surface area is 111 Å². The predicted molar refractivity (Wildman–Crippen MR) is 73.8 cm³/mol. The van der Waals surface area contributed by atoms with Crippen LogP contribution in [0, 0.1) is 6.92 Å². The molecule has 0 aliphatic carbocycles. The Bertz CT molecular complexity index is 399. The first-order valence-electron chi connectivity index (χ1n) is 5.67. The smallest absolute Gasteiger partial charge is 0.0752 e. The van der Waals surface area contributed by atoms with Crippen LogP contribution in [0.3, 0.4) is 0 Å². The SMILES string of the molecule is COCC(=Cc1c(Br)c(C)nn1C)CCCN. The van der Waals surface area contributed by atoms with Gasteiger partial charge in [-0.3, -0.25) is 4.68 Å². The standard InChI is InChI=1S/C12H20BrN3O/c1-9-12(13)11(16(2)15-9)7-10(8-17-3)5-4-6-14/h7H,4-6,8,14H2,1-3H3. The number of aryl methyl sites for hydroxylation is 2. The van der Waals surface area contributed by atoms with E-state index in [-0.39, 0.29) is 0 Å². The highest BCUT2D eigenvalue weighted by Gasteiger charge is 2.09. The van der Waals surface area contributed by atoms with Crippen LogP contribution in [0.15, 0.2) is 10.0 Å². The van der Waals surface area contributed by atoms with Crippen LogP contribution >= 0.6 is 15.9 Å². The molecule has 0 saturated carbocycles. The van der Waals surface area contributed by atoms with Crippen LogP contribution in [0.5, 0.6) is 0 Å². The lowest BCUT2D eigenvalue weighted by Crippen LogP contribution is -2.03. The second-order valence-corrected chi connectivity index (χ2v) is 4.83. The van der Waals surface area contributed by atoms with E-state index in [9.17, 15) is 0 Å². The third-order valence-corrected chi connectivity index (χ3v) is 3.54. The van der Waals surface area contributed by atoms with E-state index in [0.717, 1.165) is 28.7 Å². The number of nitrogens with zero attached hydrogens (tertiary/aromatic N) is 2. The van der Waals surface area contributed by atoms with Crippen LogP contribution in [0.2, 0.25) is 0 Å². The maximum Gasteiger partial charge on any atom is 0.0752 e. The summed E-state index contributed by atoms with van der Waals surface area (Å²) in [5, 5.41) is 4.36. The van der Waals surface area contributed by atoms with Gasteiger partial charge in [0.15, 0.2) is 0 Å². The lowest BCUT2D eigenvalue weighted by atomic mass is 10.1. The fourth-order valence-electron chi connectivity index (χ4n) is 1.70. The maximum atomic E-state index is 5.54. The minimum absolute atomic E-state index is 0.636. The summed E-state index contributed by atoms with van der Waals surface area (Å²) in [6, 6.07) is 0. The molecule has 0 unspecified atom stereocenters. The van der Waals surface area contributed by atoms with Gasteiger partial charge in [0.05, 0.1) is 22.5 Å². The van der Waals surface area contributed by atoms with Gasteiger partial charge in [-0.05, 0) is 53.9 Å². The molecule has 0 spiro atoms. The Morgan fingerprint density at radius 3 is 2.76 bits per heavy atom. The zero-order valence-corrected chi connectivity index (χ0v) is 12.2. The van der Waals surface area contributed by atoms with Crippen molar-refractivity contribution < 1.29 is 4.74 Å². The van der Waals surface area contributed by atoms with E-state index in [1.165, 1.54) is 5.57 Å². The molecule has 0 aliphatic heterocycles. The average Bonchev–Trinajstić information content (AvgIpc) is 2.53. The van der Waals surface area contributed by atoms with Crippen molar-refractivity contribution in [2.24, 2.45) is 12.8 Å². The third kappa shape index (κ3) is 3.94. The zero-order valence-electron chi connectivity index (χ0n) is 10.7. The molecule has 1 aromatic rings. The quantitative estimate of drug-likeness (QED) is 0.877. The Morgan fingerprint density at radius 2 is 2.29 bits per heavy atom. The number of aromatic nitrogens is 2. The van der Waals surface area contributed by atoms with Gasteiger partial charge >= 0.3 is 0 Å². The van der Waals surface area contributed by atoms with E-state index in [1.807, 2.05) is 18.7 Å². The second kappa shape index (κ2) is 6.93. The van der Waals surface area contributed by atoms with E-state index in [0.29, 0.717) is 13.2 Å². The van der Waals surface area contributed by atoms with Gasteiger partial charge in [-0.15, -0.1) is 0 Å². The van der Waals surface area contributed by atoms with E-state index < -0.39 is 0 Å². The second-order valence-electron chi connectivity index (χ2n) is 4.04. The van der Waals surface area contributed by atoms with Crippen molar-refractivity contribution in [3.8, 4) is 0 Å². The summed E-state index contributed by atoms with van der Waals surface area (Å²) in [5.74, 6) is 0. The van der Waals surface area contributed by atoms with Gasteiger partial charge in [-0.1, -0.05) is 0 Å². The molecule has 1 rings (SSSR count). The van der Waals surface area contributed by atoms with Crippen molar-refractivity contribution in [2.45, 2.75) is 19.8 Å². The molecule has 0 radical (unpaired) electrons. The topological polar surface area (TPSA) is 53.1 Å². The Balaban J connectivity index is 2.94. The molecule has 17 heavy (non-hydrogen) atoms. The van der Waals surface area contributed by atoms with Gasteiger partial charge in [0.1, 0.15) is 0 Å². The summed E-state index contributed by atoms with van der Waals surface area (Å²) < 4.78 is 8.12. The van der Waals surface area contributed by atoms with E-state index in [2.05, 4.69) is 27.1 Å². The van der Waals surface area contributed by atoms with Crippen molar-refractivity contribution in [1.82, 2.24) is 9.78 Å². The van der Waals surface area contributed by atoms with Gasteiger partial charge in [0, 0.05) is 14.2 Å². The molecule has 4 nitrogen and oxygen atoms in total. The molecule has 1 heterocycles. The summed E-state index contributed by atoms with van der Waals surface area (Å²) >= 11 is 3.56. The highest BCUT2D eigenvalue weighted by Crippen LogP contribution is 2.23. The van der Waals surface area contributed by atoms with Crippen LogP contribution in [0.4, 0.5) is 0 Å². The van der Waals surface area contributed by atoms with Crippen molar-refractivity contribution in [3.63, 3.8) is 0 Å². The predicted octanol–water partition coefficient (Wildman–Crippen LogP) is 2.26. The minimum Gasteiger partial charge on any atom is -0.380 e. The molecule has 0 fully saturated rings. The lowest BCUT2D eigenvalue weighted by Gasteiger charge is -2.06.